The van der Waals surface area contributed by atoms with Crippen molar-refractivity contribution in [3.63, 3.8) is 0 Å². The van der Waals surface area contributed by atoms with E-state index in [2.05, 4.69) is 22.6 Å². The second kappa shape index (κ2) is 4.05. The highest BCUT2D eigenvalue weighted by Crippen LogP contribution is 2.31. The van der Waals surface area contributed by atoms with Gasteiger partial charge < -0.3 is 4.74 Å². The molecule has 1 aliphatic carbocycles. The first-order valence-corrected chi connectivity index (χ1v) is 5.79. The lowest BCUT2D eigenvalue weighted by atomic mass is 10.3. The quantitative estimate of drug-likeness (QED) is 0.773. The summed E-state index contributed by atoms with van der Waals surface area (Å²) in [5, 5.41) is 0.742. The van der Waals surface area contributed by atoms with Gasteiger partial charge in [-0.3, -0.25) is 0 Å². The third-order valence-electron chi connectivity index (χ3n) is 2.06. The van der Waals surface area contributed by atoms with Crippen LogP contribution in [0.3, 0.4) is 0 Å². The van der Waals surface area contributed by atoms with Crippen molar-refractivity contribution >= 4 is 34.2 Å². The molecule has 0 bridgehead atoms. The molecular formula is C10H10ClIO. The molecule has 0 saturated heterocycles. The van der Waals surface area contributed by atoms with Gasteiger partial charge in [-0.2, -0.15) is 0 Å². The maximum absolute atomic E-state index is 5.86. The summed E-state index contributed by atoms with van der Waals surface area (Å²) in [6.45, 7) is 0.844. The smallest absolute Gasteiger partial charge is 0.134 e. The van der Waals surface area contributed by atoms with Gasteiger partial charge in [-0.05, 0) is 59.5 Å². The third-order valence-corrected chi connectivity index (χ3v) is 3.19. The minimum atomic E-state index is 0.742. The van der Waals surface area contributed by atoms with Gasteiger partial charge in [0.15, 0.2) is 0 Å². The van der Waals surface area contributed by atoms with Crippen LogP contribution < -0.4 is 4.74 Å². The number of benzene rings is 1. The van der Waals surface area contributed by atoms with Crippen molar-refractivity contribution in [3.8, 4) is 5.75 Å². The Morgan fingerprint density at radius 3 is 2.92 bits per heavy atom. The molecule has 70 valence electrons. The lowest BCUT2D eigenvalue weighted by molar-refractivity contribution is 0.298. The highest BCUT2D eigenvalue weighted by Gasteiger charge is 2.22. The fraction of sp³-hybridized carbons (Fsp3) is 0.400. The van der Waals surface area contributed by atoms with Gasteiger partial charge in [0.1, 0.15) is 5.75 Å². The van der Waals surface area contributed by atoms with Crippen LogP contribution in [0.4, 0.5) is 0 Å². The van der Waals surface area contributed by atoms with E-state index in [-0.39, 0.29) is 0 Å². The Morgan fingerprint density at radius 1 is 1.46 bits per heavy atom. The number of hydrogen-bond donors (Lipinski definition) is 0. The first-order valence-electron chi connectivity index (χ1n) is 4.33. The lowest BCUT2D eigenvalue weighted by Gasteiger charge is -2.07. The molecule has 0 spiro atoms. The van der Waals surface area contributed by atoms with Crippen LogP contribution >= 0.6 is 34.2 Å². The van der Waals surface area contributed by atoms with E-state index in [1.807, 2.05) is 18.2 Å². The van der Waals surface area contributed by atoms with Crippen molar-refractivity contribution in [2.24, 2.45) is 5.92 Å². The second-order valence-corrected chi connectivity index (χ2v) is 4.93. The molecule has 0 N–H and O–H groups in total. The lowest BCUT2D eigenvalue weighted by Crippen LogP contribution is -2.00. The summed E-state index contributed by atoms with van der Waals surface area (Å²) in [5.41, 5.74) is 0. The van der Waals surface area contributed by atoms with E-state index in [1.54, 1.807) is 0 Å². The Labute approximate surface area is 96.6 Å². The molecule has 1 fully saturated rings. The van der Waals surface area contributed by atoms with Gasteiger partial charge in [-0.1, -0.05) is 11.6 Å². The summed E-state index contributed by atoms with van der Waals surface area (Å²) in [7, 11) is 0. The summed E-state index contributed by atoms with van der Waals surface area (Å²) in [6.07, 6.45) is 2.63. The Kier molecular flexibility index (Phi) is 2.99. The fourth-order valence-electron chi connectivity index (χ4n) is 1.08. The Bertz CT molecular complexity index is 310. The van der Waals surface area contributed by atoms with Gasteiger partial charge in [0.2, 0.25) is 0 Å². The minimum Gasteiger partial charge on any atom is -0.492 e. The largest absolute Gasteiger partial charge is 0.492 e. The first-order chi connectivity index (χ1) is 6.25. The Balaban J connectivity index is 2.03. The van der Waals surface area contributed by atoms with Crippen LogP contribution in [0, 0.1) is 9.49 Å². The zero-order valence-electron chi connectivity index (χ0n) is 7.09. The van der Waals surface area contributed by atoms with Gasteiger partial charge in [0.25, 0.3) is 0 Å². The van der Waals surface area contributed by atoms with E-state index in [0.717, 1.165) is 26.9 Å². The highest BCUT2D eigenvalue weighted by atomic mass is 127. The van der Waals surface area contributed by atoms with E-state index in [9.17, 15) is 0 Å². The molecular weight excluding hydrogens is 298 g/mol. The third kappa shape index (κ3) is 2.74. The maximum Gasteiger partial charge on any atom is 0.134 e. The van der Waals surface area contributed by atoms with Gasteiger partial charge in [0.05, 0.1) is 10.2 Å². The molecule has 0 unspecified atom stereocenters. The van der Waals surface area contributed by atoms with Crippen molar-refractivity contribution in [1.29, 1.82) is 0 Å². The molecule has 13 heavy (non-hydrogen) atoms. The summed E-state index contributed by atoms with van der Waals surface area (Å²) in [4.78, 5) is 0. The van der Waals surface area contributed by atoms with Crippen molar-refractivity contribution in [2.45, 2.75) is 12.8 Å². The van der Waals surface area contributed by atoms with E-state index in [1.165, 1.54) is 12.8 Å². The summed E-state index contributed by atoms with van der Waals surface area (Å²) >= 11 is 8.12. The molecule has 0 aliphatic heterocycles. The molecule has 0 radical (unpaired) electrons. The number of ether oxygens (including phenoxy) is 1. The maximum atomic E-state index is 5.86. The van der Waals surface area contributed by atoms with Crippen molar-refractivity contribution in [2.75, 3.05) is 6.61 Å². The summed E-state index contributed by atoms with van der Waals surface area (Å²) in [5.74, 6) is 1.70. The molecule has 1 aromatic rings. The number of rotatable bonds is 3. The van der Waals surface area contributed by atoms with Crippen molar-refractivity contribution < 1.29 is 4.74 Å². The first kappa shape index (κ1) is 9.59. The predicted molar refractivity (Wildman–Crippen MR) is 62.4 cm³/mol. The summed E-state index contributed by atoms with van der Waals surface area (Å²) in [6, 6.07) is 5.74. The topological polar surface area (TPSA) is 9.23 Å². The van der Waals surface area contributed by atoms with Gasteiger partial charge >= 0.3 is 0 Å². The molecule has 0 heterocycles. The van der Waals surface area contributed by atoms with Crippen LogP contribution in [-0.2, 0) is 0 Å². The zero-order valence-corrected chi connectivity index (χ0v) is 10.0. The number of halogens is 2. The van der Waals surface area contributed by atoms with Gasteiger partial charge in [-0.15, -0.1) is 0 Å². The normalized spacial score (nSPS) is 15.8. The Morgan fingerprint density at radius 2 is 2.23 bits per heavy atom. The molecule has 3 heteroatoms. The van der Waals surface area contributed by atoms with E-state index in [4.69, 9.17) is 16.3 Å². The second-order valence-electron chi connectivity index (χ2n) is 3.33. The summed E-state index contributed by atoms with van der Waals surface area (Å²) < 4.78 is 6.78. The molecule has 0 amide bonds. The van der Waals surface area contributed by atoms with Crippen LogP contribution in [0.15, 0.2) is 18.2 Å². The molecule has 1 nitrogen and oxygen atoms in total. The van der Waals surface area contributed by atoms with Gasteiger partial charge in [0, 0.05) is 5.02 Å². The highest BCUT2D eigenvalue weighted by molar-refractivity contribution is 14.1. The molecule has 0 aromatic heterocycles. The van der Waals surface area contributed by atoms with Crippen molar-refractivity contribution in [3.05, 3.63) is 26.8 Å². The minimum absolute atomic E-state index is 0.742. The van der Waals surface area contributed by atoms with E-state index < -0.39 is 0 Å². The molecule has 0 atom stereocenters. The standard InChI is InChI=1S/C10H10ClIO/c11-8-3-4-9(12)10(5-8)13-6-7-1-2-7/h3-5,7H,1-2,6H2. The predicted octanol–water partition coefficient (Wildman–Crippen LogP) is 3.73. The monoisotopic (exact) mass is 308 g/mol. The molecule has 1 aromatic carbocycles. The molecule has 1 saturated carbocycles. The molecule has 2 rings (SSSR count). The number of hydrogen-bond acceptors (Lipinski definition) is 1. The Hall–Kier alpha value is 0.0400. The van der Waals surface area contributed by atoms with Crippen LogP contribution in [0.25, 0.3) is 0 Å². The van der Waals surface area contributed by atoms with Crippen LogP contribution in [0.2, 0.25) is 5.02 Å². The van der Waals surface area contributed by atoms with Gasteiger partial charge in [-0.25, -0.2) is 0 Å². The van der Waals surface area contributed by atoms with Crippen molar-refractivity contribution in [1.82, 2.24) is 0 Å². The SMILES string of the molecule is Clc1ccc(I)c(OCC2CC2)c1. The van der Waals surface area contributed by atoms with Crippen LogP contribution in [0.1, 0.15) is 12.8 Å². The molecule has 1 aliphatic rings. The van der Waals surface area contributed by atoms with Crippen LogP contribution in [-0.4, -0.2) is 6.61 Å². The average molecular weight is 309 g/mol. The average Bonchev–Trinajstić information content (AvgIpc) is 2.90. The van der Waals surface area contributed by atoms with Crippen LogP contribution in [0.5, 0.6) is 5.75 Å². The zero-order chi connectivity index (χ0) is 9.26. The van der Waals surface area contributed by atoms with E-state index in [0.29, 0.717) is 0 Å². The fourth-order valence-corrected chi connectivity index (χ4v) is 1.73. The van der Waals surface area contributed by atoms with E-state index >= 15 is 0 Å².